The fourth-order valence-electron chi connectivity index (χ4n) is 2.88. The van der Waals surface area contributed by atoms with E-state index in [0.717, 1.165) is 29.7 Å². The molecule has 0 unspecified atom stereocenters. The largest absolute Gasteiger partial charge is 0.434 e. The molecule has 0 aliphatic rings. The molecule has 0 amide bonds. The van der Waals surface area contributed by atoms with Crippen LogP contribution in [0.4, 0.5) is 8.78 Å². The van der Waals surface area contributed by atoms with E-state index in [0.29, 0.717) is 23.1 Å². The van der Waals surface area contributed by atoms with E-state index in [9.17, 15) is 8.78 Å². The van der Waals surface area contributed by atoms with Crippen molar-refractivity contribution in [1.29, 1.82) is 0 Å². The number of benzene rings is 2. The summed E-state index contributed by atoms with van der Waals surface area (Å²) in [4.78, 5) is 12.0. The third kappa shape index (κ3) is 6.05. The number of para-hydroxylation sites is 2. The minimum Gasteiger partial charge on any atom is -0.434 e. The molecular formula is C20H22ClF2N5O. The van der Waals surface area contributed by atoms with Gasteiger partial charge in [-0.25, -0.2) is 4.98 Å². The van der Waals surface area contributed by atoms with Crippen LogP contribution in [-0.2, 0) is 13.0 Å². The van der Waals surface area contributed by atoms with Gasteiger partial charge in [-0.3, -0.25) is 4.99 Å². The molecule has 0 saturated heterocycles. The Balaban J connectivity index is 1.48. The summed E-state index contributed by atoms with van der Waals surface area (Å²) in [6.45, 7) is -1.98. The lowest BCUT2D eigenvalue weighted by Crippen LogP contribution is -2.37. The molecule has 3 rings (SSSR count). The van der Waals surface area contributed by atoms with Crippen molar-refractivity contribution in [3.8, 4) is 5.75 Å². The molecule has 0 spiro atoms. The van der Waals surface area contributed by atoms with Crippen LogP contribution in [0, 0.1) is 0 Å². The molecule has 154 valence electrons. The smallest absolute Gasteiger partial charge is 0.387 e. The minimum absolute atomic E-state index is 0.0808. The lowest BCUT2D eigenvalue weighted by atomic mass is 10.2. The van der Waals surface area contributed by atoms with Crippen LogP contribution in [0.15, 0.2) is 47.5 Å². The lowest BCUT2D eigenvalue weighted by Gasteiger charge is -2.14. The molecule has 6 nitrogen and oxygen atoms in total. The molecular weight excluding hydrogens is 400 g/mol. The van der Waals surface area contributed by atoms with Crippen molar-refractivity contribution in [3.05, 3.63) is 58.9 Å². The number of guanidine groups is 1. The Morgan fingerprint density at radius 2 is 2.07 bits per heavy atom. The summed E-state index contributed by atoms with van der Waals surface area (Å²) in [6, 6.07) is 12.4. The van der Waals surface area contributed by atoms with Gasteiger partial charge < -0.3 is 20.4 Å². The van der Waals surface area contributed by atoms with Crippen molar-refractivity contribution in [2.75, 3.05) is 13.6 Å². The molecule has 0 atom stereocenters. The van der Waals surface area contributed by atoms with Crippen LogP contribution in [0.1, 0.15) is 17.8 Å². The number of hydrogen-bond donors (Lipinski definition) is 3. The number of aliphatic imine (C=N–C) groups is 1. The van der Waals surface area contributed by atoms with Gasteiger partial charge in [-0.1, -0.05) is 23.7 Å². The van der Waals surface area contributed by atoms with E-state index in [2.05, 4.69) is 30.3 Å². The molecule has 0 radical (unpaired) electrons. The lowest BCUT2D eigenvalue weighted by molar-refractivity contribution is -0.0504. The van der Waals surface area contributed by atoms with Crippen molar-refractivity contribution >= 4 is 28.6 Å². The number of imidazole rings is 1. The Morgan fingerprint density at radius 3 is 2.83 bits per heavy atom. The summed E-state index contributed by atoms with van der Waals surface area (Å²) in [5.74, 6) is 1.57. The number of fused-ring (bicyclic) bond motifs is 1. The normalized spacial score (nSPS) is 11.8. The molecule has 1 heterocycles. The zero-order chi connectivity index (χ0) is 20.6. The van der Waals surface area contributed by atoms with Gasteiger partial charge in [0, 0.05) is 37.1 Å². The highest BCUT2D eigenvalue weighted by molar-refractivity contribution is 6.30. The number of rotatable bonds is 8. The number of halogens is 3. The minimum atomic E-state index is -2.90. The quantitative estimate of drug-likeness (QED) is 0.290. The van der Waals surface area contributed by atoms with Gasteiger partial charge in [-0.15, -0.1) is 0 Å². The van der Waals surface area contributed by atoms with Crippen LogP contribution in [0.5, 0.6) is 5.75 Å². The molecule has 3 N–H and O–H groups in total. The SMILES string of the molecule is CN=C(NCCCc1nc2ccccc2[nH]1)NCc1cc(Cl)ccc1OC(F)F. The highest BCUT2D eigenvalue weighted by atomic mass is 35.5. The topological polar surface area (TPSA) is 74.3 Å². The number of aryl methyl sites for hydroxylation is 1. The second-order valence-electron chi connectivity index (χ2n) is 6.29. The predicted octanol–water partition coefficient (Wildman–Crippen LogP) is 4.12. The number of nitrogens with zero attached hydrogens (tertiary/aromatic N) is 2. The summed E-state index contributed by atoms with van der Waals surface area (Å²) < 4.78 is 29.7. The average molecular weight is 422 g/mol. The van der Waals surface area contributed by atoms with Gasteiger partial charge in [0.15, 0.2) is 5.96 Å². The highest BCUT2D eigenvalue weighted by Crippen LogP contribution is 2.24. The molecule has 9 heteroatoms. The van der Waals surface area contributed by atoms with Crippen LogP contribution < -0.4 is 15.4 Å². The van der Waals surface area contributed by atoms with Crippen molar-refractivity contribution in [3.63, 3.8) is 0 Å². The molecule has 2 aromatic carbocycles. The van der Waals surface area contributed by atoms with Gasteiger partial charge in [0.25, 0.3) is 0 Å². The van der Waals surface area contributed by atoms with Crippen LogP contribution >= 0.6 is 11.6 Å². The number of ether oxygens (including phenoxy) is 1. The number of H-pyrrole nitrogens is 1. The monoisotopic (exact) mass is 421 g/mol. The van der Waals surface area contributed by atoms with Crippen LogP contribution in [0.3, 0.4) is 0 Å². The second-order valence-corrected chi connectivity index (χ2v) is 6.72. The third-order valence-electron chi connectivity index (χ3n) is 4.23. The molecule has 0 fully saturated rings. The van der Waals surface area contributed by atoms with Gasteiger partial charge in [-0.2, -0.15) is 8.78 Å². The Morgan fingerprint density at radius 1 is 1.24 bits per heavy atom. The van der Waals surface area contributed by atoms with Crippen molar-refractivity contribution < 1.29 is 13.5 Å². The molecule has 0 bridgehead atoms. The first-order valence-electron chi connectivity index (χ1n) is 9.16. The summed E-state index contributed by atoms with van der Waals surface area (Å²) in [5.41, 5.74) is 2.50. The average Bonchev–Trinajstić information content (AvgIpc) is 3.12. The first-order chi connectivity index (χ1) is 14.0. The van der Waals surface area contributed by atoms with Crippen LogP contribution in [0.2, 0.25) is 5.02 Å². The zero-order valence-corrected chi connectivity index (χ0v) is 16.6. The van der Waals surface area contributed by atoms with Gasteiger partial charge in [0.05, 0.1) is 11.0 Å². The van der Waals surface area contributed by atoms with E-state index >= 15 is 0 Å². The van der Waals surface area contributed by atoms with E-state index in [4.69, 9.17) is 11.6 Å². The van der Waals surface area contributed by atoms with Gasteiger partial charge in [0.2, 0.25) is 0 Å². The van der Waals surface area contributed by atoms with Crippen molar-refractivity contribution in [1.82, 2.24) is 20.6 Å². The van der Waals surface area contributed by atoms with Crippen molar-refractivity contribution in [2.24, 2.45) is 4.99 Å². The molecule has 1 aromatic heterocycles. The van der Waals surface area contributed by atoms with E-state index in [1.54, 1.807) is 13.1 Å². The number of alkyl halides is 2. The second kappa shape index (κ2) is 10.1. The van der Waals surface area contributed by atoms with E-state index in [1.807, 2.05) is 24.3 Å². The van der Waals surface area contributed by atoms with Crippen LogP contribution in [0.25, 0.3) is 11.0 Å². The van der Waals surface area contributed by atoms with Gasteiger partial charge >= 0.3 is 6.61 Å². The first kappa shape index (κ1) is 20.9. The third-order valence-corrected chi connectivity index (χ3v) is 4.46. The van der Waals surface area contributed by atoms with Crippen molar-refractivity contribution in [2.45, 2.75) is 26.0 Å². The molecule has 0 saturated carbocycles. The number of hydrogen-bond acceptors (Lipinski definition) is 3. The number of aromatic amines is 1. The number of aromatic nitrogens is 2. The fraction of sp³-hybridized carbons (Fsp3) is 0.300. The Hall–Kier alpha value is -2.87. The Kier molecular flexibility index (Phi) is 7.24. The highest BCUT2D eigenvalue weighted by Gasteiger charge is 2.11. The molecule has 3 aromatic rings. The van der Waals surface area contributed by atoms with Crippen LogP contribution in [-0.4, -0.2) is 36.1 Å². The number of nitrogens with one attached hydrogen (secondary N) is 3. The zero-order valence-electron chi connectivity index (χ0n) is 15.9. The van der Waals surface area contributed by atoms with E-state index < -0.39 is 6.61 Å². The standard InChI is InChI=1S/C20H22ClF2N5O/c1-24-20(26-12-13-11-14(21)8-9-17(13)29-19(22)23)25-10-4-7-18-27-15-5-2-3-6-16(15)28-18/h2-3,5-6,8-9,11,19H,4,7,10,12H2,1H3,(H,27,28)(H2,24,25,26). The summed E-state index contributed by atoms with van der Waals surface area (Å²) in [7, 11) is 1.64. The Labute approximate surface area is 172 Å². The summed E-state index contributed by atoms with van der Waals surface area (Å²) in [5, 5.41) is 6.71. The Bertz CT molecular complexity index is 943. The van der Waals surface area contributed by atoms with Gasteiger partial charge in [0.1, 0.15) is 11.6 Å². The first-order valence-corrected chi connectivity index (χ1v) is 9.54. The maximum absolute atomic E-state index is 12.6. The summed E-state index contributed by atoms with van der Waals surface area (Å²) in [6.07, 6.45) is 1.64. The van der Waals surface area contributed by atoms with Gasteiger partial charge in [-0.05, 0) is 36.8 Å². The fourth-order valence-corrected chi connectivity index (χ4v) is 3.08. The molecule has 0 aliphatic heterocycles. The maximum atomic E-state index is 12.6. The molecule has 29 heavy (non-hydrogen) atoms. The maximum Gasteiger partial charge on any atom is 0.387 e. The van der Waals surface area contributed by atoms with E-state index in [-0.39, 0.29) is 12.3 Å². The van der Waals surface area contributed by atoms with E-state index in [1.165, 1.54) is 12.1 Å². The molecule has 0 aliphatic carbocycles. The predicted molar refractivity (Wildman–Crippen MR) is 111 cm³/mol. The summed E-state index contributed by atoms with van der Waals surface area (Å²) >= 11 is 5.97.